The molecule has 0 saturated heterocycles. The number of aliphatic carboxylic acids is 1. The fourth-order valence-corrected chi connectivity index (χ4v) is 2.11. The Bertz CT molecular complexity index is 692. The number of alkyl carbamates (subject to hydrolysis) is 1. The number of aromatic nitrogens is 2. The van der Waals surface area contributed by atoms with Crippen molar-refractivity contribution < 1.29 is 29.0 Å². The SMILES string of the molecule is COC(=O)c1cnc(Cl)nc1NCCC[C@H](NC(=O)OC(C)(C)C)C(=O)O. The molecule has 1 atom stereocenters. The van der Waals surface area contributed by atoms with Gasteiger partial charge in [0.2, 0.25) is 5.28 Å². The van der Waals surface area contributed by atoms with E-state index in [0.29, 0.717) is 6.42 Å². The molecule has 1 aromatic rings. The topological polar surface area (TPSA) is 140 Å². The van der Waals surface area contributed by atoms with E-state index in [1.807, 2.05) is 0 Å². The van der Waals surface area contributed by atoms with Gasteiger partial charge in [-0.3, -0.25) is 0 Å². The average molecular weight is 403 g/mol. The fourth-order valence-electron chi connectivity index (χ4n) is 1.97. The molecule has 1 amide bonds. The lowest BCUT2D eigenvalue weighted by atomic mass is 10.1. The van der Waals surface area contributed by atoms with Crippen LogP contribution in [0, 0.1) is 0 Å². The lowest BCUT2D eigenvalue weighted by Gasteiger charge is -2.22. The number of carbonyl (C=O) groups excluding carboxylic acids is 2. The van der Waals surface area contributed by atoms with Crippen LogP contribution in [0.2, 0.25) is 5.28 Å². The van der Waals surface area contributed by atoms with Crippen molar-refractivity contribution in [1.82, 2.24) is 15.3 Å². The molecule has 1 heterocycles. The summed E-state index contributed by atoms with van der Waals surface area (Å²) in [4.78, 5) is 42.4. The maximum Gasteiger partial charge on any atom is 0.408 e. The Hall–Kier alpha value is -2.62. The highest BCUT2D eigenvalue weighted by atomic mass is 35.5. The van der Waals surface area contributed by atoms with Crippen LogP contribution in [0.3, 0.4) is 0 Å². The van der Waals surface area contributed by atoms with Crippen LogP contribution in [0.1, 0.15) is 44.0 Å². The third-order valence-electron chi connectivity index (χ3n) is 3.12. The minimum absolute atomic E-state index is 0.0554. The van der Waals surface area contributed by atoms with Gasteiger partial charge < -0.3 is 25.2 Å². The van der Waals surface area contributed by atoms with Gasteiger partial charge in [-0.25, -0.2) is 19.4 Å². The van der Waals surface area contributed by atoms with Crippen LogP contribution < -0.4 is 10.6 Å². The zero-order chi connectivity index (χ0) is 20.6. The third-order valence-corrected chi connectivity index (χ3v) is 3.30. The average Bonchev–Trinajstić information content (AvgIpc) is 2.55. The highest BCUT2D eigenvalue weighted by Gasteiger charge is 2.23. The second kappa shape index (κ2) is 9.91. The highest BCUT2D eigenvalue weighted by Crippen LogP contribution is 2.15. The van der Waals surface area contributed by atoms with Crippen molar-refractivity contribution in [3.05, 3.63) is 17.0 Å². The number of nitrogens with zero attached hydrogens (tertiary/aromatic N) is 2. The summed E-state index contributed by atoms with van der Waals surface area (Å²) >= 11 is 5.73. The Labute approximate surface area is 161 Å². The van der Waals surface area contributed by atoms with Gasteiger partial charge in [0.25, 0.3) is 0 Å². The molecule has 0 aliphatic rings. The Kier molecular flexibility index (Phi) is 8.23. The first kappa shape index (κ1) is 22.4. The summed E-state index contributed by atoms with van der Waals surface area (Å²) in [5.41, 5.74) is -0.630. The first-order valence-electron chi connectivity index (χ1n) is 8.10. The Morgan fingerprint density at radius 1 is 1.33 bits per heavy atom. The van der Waals surface area contributed by atoms with Gasteiger partial charge in [-0.15, -0.1) is 0 Å². The summed E-state index contributed by atoms with van der Waals surface area (Å²) < 4.78 is 9.68. The van der Waals surface area contributed by atoms with Crippen LogP contribution in [0.25, 0.3) is 0 Å². The maximum atomic E-state index is 11.7. The fraction of sp³-hybridized carbons (Fsp3) is 0.562. The number of amides is 1. The summed E-state index contributed by atoms with van der Waals surface area (Å²) in [6.45, 7) is 5.31. The zero-order valence-corrected chi connectivity index (χ0v) is 16.3. The van der Waals surface area contributed by atoms with E-state index in [0.717, 1.165) is 0 Å². The Balaban J connectivity index is 2.60. The summed E-state index contributed by atoms with van der Waals surface area (Å²) in [5.74, 6) is -1.64. The van der Waals surface area contributed by atoms with Gasteiger partial charge in [-0.05, 0) is 45.2 Å². The van der Waals surface area contributed by atoms with E-state index in [9.17, 15) is 19.5 Å². The van der Waals surface area contributed by atoms with Gasteiger partial charge in [0.05, 0.1) is 7.11 Å². The molecule has 0 radical (unpaired) electrons. The third kappa shape index (κ3) is 8.07. The number of anilines is 1. The van der Waals surface area contributed by atoms with E-state index in [2.05, 4.69) is 25.3 Å². The lowest BCUT2D eigenvalue weighted by molar-refractivity contribution is -0.139. The molecule has 0 unspecified atom stereocenters. The first-order chi connectivity index (χ1) is 12.5. The largest absolute Gasteiger partial charge is 0.480 e. The van der Waals surface area contributed by atoms with Crippen LogP contribution in [0.4, 0.5) is 10.6 Å². The molecule has 27 heavy (non-hydrogen) atoms. The number of halogens is 1. The minimum atomic E-state index is -1.18. The highest BCUT2D eigenvalue weighted by molar-refractivity contribution is 6.28. The second-order valence-corrected chi connectivity index (χ2v) is 6.84. The quantitative estimate of drug-likeness (QED) is 0.338. The first-order valence-corrected chi connectivity index (χ1v) is 8.48. The number of carbonyl (C=O) groups is 3. The molecule has 0 aromatic carbocycles. The molecule has 0 spiro atoms. The smallest absolute Gasteiger partial charge is 0.408 e. The van der Waals surface area contributed by atoms with E-state index in [1.54, 1.807) is 20.8 Å². The maximum absolute atomic E-state index is 11.7. The van der Waals surface area contributed by atoms with Crippen molar-refractivity contribution >= 4 is 35.5 Å². The standard InChI is InChI=1S/C16H23ClN4O6/c1-16(2,3)27-15(25)20-10(12(22)23)6-5-7-18-11-9(13(24)26-4)8-19-14(17)21-11/h8,10H,5-7H2,1-4H3,(H,20,25)(H,22,23)(H,18,19,21)/t10-/m0/s1. The molecule has 0 aliphatic heterocycles. The number of esters is 1. The van der Waals surface area contributed by atoms with Crippen LogP contribution in [0.15, 0.2) is 6.20 Å². The van der Waals surface area contributed by atoms with Gasteiger partial charge in [-0.2, -0.15) is 4.98 Å². The van der Waals surface area contributed by atoms with E-state index in [4.69, 9.17) is 16.3 Å². The van der Waals surface area contributed by atoms with Gasteiger partial charge >= 0.3 is 18.0 Å². The van der Waals surface area contributed by atoms with Gasteiger partial charge in [0, 0.05) is 12.7 Å². The molecule has 0 saturated carbocycles. The van der Waals surface area contributed by atoms with Crippen LogP contribution in [0.5, 0.6) is 0 Å². The van der Waals surface area contributed by atoms with Gasteiger partial charge in [0.1, 0.15) is 23.0 Å². The van der Waals surface area contributed by atoms with Gasteiger partial charge in [0.15, 0.2) is 0 Å². The predicted molar refractivity (Wildman–Crippen MR) is 96.9 cm³/mol. The second-order valence-electron chi connectivity index (χ2n) is 6.50. The monoisotopic (exact) mass is 402 g/mol. The number of nitrogens with one attached hydrogen (secondary N) is 2. The van der Waals surface area contributed by atoms with E-state index in [-0.39, 0.29) is 29.6 Å². The molecule has 1 rings (SSSR count). The molecular weight excluding hydrogens is 380 g/mol. The van der Waals surface area contributed by atoms with Crippen molar-refractivity contribution in [2.24, 2.45) is 0 Å². The predicted octanol–water partition coefficient (Wildman–Crippen LogP) is 2.09. The van der Waals surface area contributed by atoms with Crippen LogP contribution in [-0.2, 0) is 14.3 Å². The lowest BCUT2D eigenvalue weighted by Crippen LogP contribution is -2.43. The Morgan fingerprint density at radius 2 is 2.00 bits per heavy atom. The summed E-state index contributed by atoms with van der Waals surface area (Å²) in [6, 6.07) is -1.12. The Morgan fingerprint density at radius 3 is 2.56 bits per heavy atom. The number of rotatable bonds is 8. The molecule has 11 heteroatoms. The molecule has 0 fully saturated rings. The summed E-state index contributed by atoms with van der Waals surface area (Å²) in [5, 5.41) is 14.4. The molecule has 0 aliphatic carbocycles. The van der Waals surface area contributed by atoms with E-state index >= 15 is 0 Å². The molecule has 10 nitrogen and oxygen atoms in total. The number of ether oxygens (including phenoxy) is 2. The van der Waals surface area contributed by atoms with Crippen molar-refractivity contribution in [3.8, 4) is 0 Å². The van der Waals surface area contributed by atoms with E-state index < -0.39 is 29.7 Å². The normalized spacial score (nSPS) is 12.0. The summed E-state index contributed by atoms with van der Waals surface area (Å²) in [6.07, 6.45) is 0.912. The molecule has 3 N–H and O–H groups in total. The minimum Gasteiger partial charge on any atom is -0.480 e. The number of hydrogen-bond acceptors (Lipinski definition) is 8. The summed E-state index contributed by atoms with van der Waals surface area (Å²) in [7, 11) is 1.22. The number of carboxylic acids is 1. The van der Waals surface area contributed by atoms with Crippen LogP contribution >= 0.6 is 11.6 Å². The molecular formula is C16H23ClN4O6. The van der Waals surface area contributed by atoms with E-state index in [1.165, 1.54) is 13.3 Å². The van der Waals surface area contributed by atoms with Crippen molar-refractivity contribution in [3.63, 3.8) is 0 Å². The van der Waals surface area contributed by atoms with Crippen molar-refractivity contribution in [2.45, 2.75) is 45.3 Å². The van der Waals surface area contributed by atoms with Crippen LogP contribution in [-0.4, -0.2) is 58.4 Å². The number of methoxy groups -OCH3 is 1. The van der Waals surface area contributed by atoms with Crippen molar-refractivity contribution in [1.29, 1.82) is 0 Å². The van der Waals surface area contributed by atoms with Crippen molar-refractivity contribution in [2.75, 3.05) is 19.0 Å². The zero-order valence-electron chi connectivity index (χ0n) is 15.5. The molecule has 150 valence electrons. The van der Waals surface area contributed by atoms with Gasteiger partial charge in [-0.1, -0.05) is 0 Å². The molecule has 1 aromatic heterocycles. The number of carboxylic acid groups (broad SMARTS) is 1. The number of hydrogen-bond donors (Lipinski definition) is 3. The molecule has 0 bridgehead atoms.